The molecule has 0 spiro atoms. The molecule has 0 bridgehead atoms. The van der Waals surface area contributed by atoms with Crippen LogP contribution in [0.3, 0.4) is 0 Å². The van der Waals surface area contributed by atoms with E-state index in [-0.39, 0.29) is 12.4 Å². The maximum Gasteiger partial charge on any atom is 0.310 e. The molecule has 1 heterocycles. The Kier molecular flexibility index (Phi) is 4.90. The Labute approximate surface area is 117 Å². The van der Waals surface area contributed by atoms with E-state index in [2.05, 4.69) is 5.10 Å². The lowest BCUT2D eigenvalue weighted by Crippen LogP contribution is -2.08. The molecular weight excluding hydrogens is 254 g/mol. The maximum absolute atomic E-state index is 11.6. The highest BCUT2D eigenvalue weighted by atomic mass is 16.5. The van der Waals surface area contributed by atoms with Crippen LogP contribution in [0.4, 0.5) is 0 Å². The Morgan fingerprint density at radius 2 is 2.15 bits per heavy atom. The van der Waals surface area contributed by atoms with Gasteiger partial charge in [0, 0.05) is 18.2 Å². The van der Waals surface area contributed by atoms with Gasteiger partial charge in [-0.2, -0.15) is 10.4 Å². The first-order valence-corrected chi connectivity index (χ1v) is 6.41. The molecule has 0 aliphatic carbocycles. The summed E-state index contributed by atoms with van der Waals surface area (Å²) in [4.78, 5) is 11.6. The van der Waals surface area contributed by atoms with Gasteiger partial charge in [-0.3, -0.25) is 4.79 Å². The molecule has 0 amide bonds. The van der Waals surface area contributed by atoms with E-state index in [0.29, 0.717) is 19.4 Å². The Hall–Kier alpha value is -2.61. The molecule has 0 unspecified atom stereocenters. The van der Waals surface area contributed by atoms with E-state index in [0.717, 1.165) is 11.3 Å². The maximum atomic E-state index is 11.6. The molecule has 0 N–H and O–H groups in total. The van der Waals surface area contributed by atoms with Gasteiger partial charge in [-0.15, -0.1) is 0 Å². The second-order valence-electron chi connectivity index (χ2n) is 4.29. The van der Waals surface area contributed by atoms with Crippen LogP contribution in [0.2, 0.25) is 0 Å². The molecule has 5 heteroatoms. The fourth-order valence-corrected chi connectivity index (χ4v) is 1.73. The molecule has 0 aliphatic heterocycles. The van der Waals surface area contributed by atoms with E-state index in [4.69, 9.17) is 10.00 Å². The van der Waals surface area contributed by atoms with Crippen molar-refractivity contribution in [1.82, 2.24) is 9.78 Å². The molecule has 0 atom stereocenters. The molecule has 0 saturated carbocycles. The summed E-state index contributed by atoms with van der Waals surface area (Å²) in [5.41, 5.74) is 1.75. The summed E-state index contributed by atoms with van der Waals surface area (Å²) in [6.07, 6.45) is 4.64. The number of esters is 1. The highest BCUT2D eigenvalue weighted by Gasteiger charge is 2.07. The van der Waals surface area contributed by atoms with Gasteiger partial charge in [0.05, 0.1) is 31.0 Å². The molecule has 2 aromatic rings. The molecule has 102 valence electrons. The summed E-state index contributed by atoms with van der Waals surface area (Å²) in [6.45, 7) is 0.291. The number of benzene rings is 1. The summed E-state index contributed by atoms with van der Waals surface area (Å²) in [7, 11) is 0. The number of para-hydroxylation sites is 1. The van der Waals surface area contributed by atoms with Crippen LogP contribution < -0.4 is 0 Å². The standard InChI is InChI=1S/C15H15N3O2/c16-8-4-5-9-20-15(19)10-13-11-17-18(12-13)14-6-2-1-3-7-14/h1-3,6-7,11-12H,4-5,9-10H2. The van der Waals surface area contributed by atoms with Crippen molar-refractivity contribution in [3.8, 4) is 11.8 Å². The number of rotatable bonds is 6. The number of hydrogen-bond acceptors (Lipinski definition) is 4. The molecule has 1 aromatic carbocycles. The summed E-state index contributed by atoms with van der Waals surface area (Å²) in [5.74, 6) is -0.296. The van der Waals surface area contributed by atoms with Crippen molar-refractivity contribution in [2.45, 2.75) is 19.3 Å². The minimum atomic E-state index is -0.296. The predicted octanol–water partition coefficient (Wildman–Crippen LogP) is 2.26. The first kappa shape index (κ1) is 13.8. The van der Waals surface area contributed by atoms with E-state index in [1.165, 1.54) is 0 Å². The van der Waals surface area contributed by atoms with Crippen LogP contribution in [0, 0.1) is 11.3 Å². The average molecular weight is 269 g/mol. The zero-order chi connectivity index (χ0) is 14.2. The number of unbranched alkanes of at least 4 members (excludes halogenated alkanes) is 1. The normalized spacial score (nSPS) is 9.95. The van der Waals surface area contributed by atoms with Crippen molar-refractivity contribution < 1.29 is 9.53 Å². The molecular formula is C15H15N3O2. The smallest absolute Gasteiger partial charge is 0.310 e. The monoisotopic (exact) mass is 269 g/mol. The molecule has 0 saturated heterocycles. The number of aromatic nitrogens is 2. The third-order valence-corrected chi connectivity index (χ3v) is 2.70. The fraction of sp³-hybridized carbons (Fsp3) is 0.267. The second kappa shape index (κ2) is 7.10. The quantitative estimate of drug-likeness (QED) is 0.596. The van der Waals surface area contributed by atoms with E-state index < -0.39 is 0 Å². The third kappa shape index (κ3) is 3.95. The van der Waals surface area contributed by atoms with Crippen LogP contribution in [0.1, 0.15) is 18.4 Å². The lowest BCUT2D eigenvalue weighted by Gasteiger charge is -2.01. The highest BCUT2D eigenvalue weighted by molar-refractivity contribution is 5.72. The fourth-order valence-electron chi connectivity index (χ4n) is 1.73. The van der Waals surface area contributed by atoms with Gasteiger partial charge < -0.3 is 4.74 Å². The van der Waals surface area contributed by atoms with Gasteiger partial charge in [0.2, 0.25) is 0 Å². The zero-order valence-electron chi connectivity index (χ0n) is 11.0. The summed E-state index contributed by atoms with van der Waals surface area (Å²) < 4.78 is 6.76. The first-order valence-electron chi connectivity index (χ1n) is 6.41. The molecule has 20 heavy (non-hydrogen) atoms. The molecule has 1 aromatic heterocycles. The summed E-state index contributed by atoms with van der Waals surface area (Å²) >= 11 is 0. The van der Waals surface area contributed by atoms with Gasteiger partial charge in [0.1, 0.15) is 0 Å². The Balaban J connectivity index is 1.87. The van der Waals surface area contributed by atoms with Crippen LogP contribution in [-0.4, -0.2) is 22.4 Å². The van der Waals surface area contributed by atoms with Crippen LogP contribution in [0.25, 0.3) is 5.69 Å². The van der Waals surface area contributed by atoms with Crippen molar-refractivity contribution in [3.63, 3.8) is 0 Å². The topological polar surface area (TPSA) is 67.9 Å². The van der Waals surface area contributed by atoms with Crippen molar-refractivity contribution >= 4 is 5.97 Å². The molecule has 2 rings (SSSR count). The number of nitriles is 1. The lowest BCUT2D eigenvalue weighted by atomic mass is 10.2. The number of hydrogen-bond donors (Lipinski definition) is 0. The van der Waals surface area contributed by atoms with Crippen molar-refractivity contribution in [2.24, 2.45) is 0 Å². The third-order valence-electron chi connectivity index (χ3n) is 2.70. The van der Waals surface area contributed by atoms with Crippen molar-refractivity contribution in [1.29, 1.82) is 5.26 Å². The van der Waals surface area contributed by atoms with E-state index in [9.17, 15) is 4.79 Å². The Morgan fingerprint density at radius 1 is 1.35 bits per heavy atom. The number of ether oxygens (including phenoxy) is 1. The number of nitrogens with zero attached hydrogens (tertiary/aromatic N) is 3. The summed E-state index contributed by atoms with van der Waals surface area (Å²) in [6, 6.07) is 11.7. The molecule has 5 nitrogen and oxygen atoms in total. The van der Waals surface area contributed by atoms with E-state index in [1.54, 1.807) is 10.9 Å². The van der Waals surface area contributed by atoms with E-state index >= 15 is 0 Å². The van der Waals surface area contributed by atoms with Gasteiger partial charge in [0.15, 0.2) is 0 Å². The number of carbonyl (C=O) groups excluding carboxylic acids is 1. The zero-order valence-corrected chi connectivity index (χ0v) is 11.0. The van der Waals surface area contributed by atoms with Gasteiger partial charge in [-0.1, -0.05) is 18.2 Å². The Morgan fingerprint density at radius 3 is 2.90 bits per heavy atom. The van der Waals surface area contributed by atoms with Gasteiger partial charge in [-0.05, 0) is 18.6 Å². The first-order chi connectivity index (χ1) is 9.79. The highest BCUT2D eigenvalue weighted by Crippen LogP contribution is 2.08. The van der Waals surface area contributed by atoms with Crippen LogP contribution in [0.5, 0.6) is 0 Å². The lowest BCUT2D eigenvalue weighted by molar-refractivity contribution is -0.142. The van der Waals surface area contributed by atoms with Crippen LogP contribution in [0.15, 0.2) is 42.7 Å². The van der Waals surface area contributed by atoms with Crippen molar-refractivity contribution in [2.75, 3.05) is 6.61 Å². The predicted molar refractivity (Wildman–Crippen MR) is 73.1 cm³/mol. The second-order valence-corrected chi connectivity index (χ2v) is 4.29. The van der Waals surface area contributed by atoms with Gasteiger partial charge in [-0.25, -0.2) is 4.68 Å². The van der Waals surface area contributed by atoms with Crippen LogP contribution >= 0.6 is 0 Å². The minimum Gasteiger partial charge on any atom is -0.465 e. The Bertz CT molecular complexity index is 599. The van der Waals surface area contributed by atoms with Gasteiger partial charge >= 0.3 is 5.97 Å². The molecule has 0 radical (unpaired) electrons. The molecule has 0 aliphatic rings. The van der Waals surface area contributed by atoms with E-state index in [1.807, 2.05) is 42.6 Å². The minimum absolute atomic E-state index is 0.194. The summed E-state index contributed by atoms with van der Waals surface area (Å²) in [5, 5.41) is 12.6. The average Bonchev–Trinajstić information content (AvgIpc) is 2.93. The SMILES string of the molecule is N#CCCCOC(=O)Cc1cnn(-c2ccccc2)c1. The van der Waals surface area contributed by atoms with Crippen LogP contribution in [-0.2, 0) is 16.0 Å². The number of carbonyl (C=O) groups is 1. The van der Waals surface area contributed by atoms with Crippen molar-refractivity contribution in [3.05, 3.63) is 48.3 Å². The molecule has 0 fully saturated rings. The van der Waals surface area contributed by atoms with Gasteiger partial charge in [0.25, 0.3) is 0 Å². The largest absolute Gasteiger partial charge is 0.465 e.